The Morgan fingerprint density at radius 1 is 1.42 bits per heavy atom. The monoisotopic (exact) mass is 260 g/mol. The molecule has 0 aromatic heterocycles. The van der Waals surface area contributed by atoms with Gasteiger partial charge < -0.3 is 5.73 Å². The Balaban J connectivity index is 1.99. The molecular formula is C16H22N2O. The van der Waals surface area contributed by atoms with Crippen molar-refractivity contribution in [2.75, 3.05) is 13.1 Å². The Labute approximate surface area is 114 Å². The zero-order valence-corrected chi connectivity index (χ0v) is 11.6. The molecular weight excluding hydrogens is 238 g/mol. The minimum atomic E-state index is -0.272. The number of carbonyl (C=O) groups is 1. The number of carbonyl (C=O) groups excluding carboxylic acids is 1. The predicted molar refractivity (Wildman–Crippen MR) is 76.3 cm³/mol. The lowest BCUT2D eigenvalue weighted by atomic mass is 9.78. The van der Waals surface area contributed by atoms with Crippen molar-refractivity contribution in [1.29, 1.82) is 0 Å². The van der Waals surface area contributed by atoms with Crippen LogP contribution < -0.4 is 5.73 Å². The molecule has 2 aliphatic rings. The van der Waals surface area contributed by atoms with Crippen LogP contribution in [0.15, 0.2) is 18.2 Å². The molecule has 1 aromatic rings. The van der Waals surface area contributed by atoms with Crippen LogP contribution >= 0.6 is 0 Å². The van der Waals surface area contributed by atoms with E-state index in [0.717, 1.165) is 18.5 Å². The fourth-order valence-corrected chi connectivity index (χ4v) is 3.99. The zero-order valence-electron chi connectivity index (χ0n) is 11.6. The minimum absolute atomic E-state index is 0.272. The van der Waals surface area contributed by atoms with Crippen LogP contribution in [0.25, 0.3) is 0 Å². The molecule has 1 aromatic carbocycles. The smallest absolute Gasteiger partial charge is 0.248 e. The molecule has 0 saturated carbocycles. The third-order valence-corrected chi connectivity index (χ3v) is 4.71. The fourth-order valence-electron chi connectivity index (χ4n) is 3.99. The highest BCUT2D eigenvalue weighted by atomic mass is 16.3. The molecule has 0 spiro atoms. The molecule has 3 heteroatoms. The summed E-state index contributed by atoms with van der Waals surface area (Å²) in [4.78, 5) is 14.3. The van der Waals surface area contributed by atoms with E-state index in [1.165, 1.54) is 36.9 Å². The second-order valence-corrected chi connectivity index (χ2v) is 5.78. The Morgan fingerprint density at radius 2 is 2.26 bits per heavy atom. The number of rotatable bonds is 3. The Kier molecular flexibility index (Phi) is 3.31. The van der Waals surface area contributed by atoms with Gasteiger partial charge in [-0.15, -0.1) is 0 Å². The van der Waals surface area contributed by atoms with Crippen LogP contribution in [0.5, 0.6) is 0 Å². The fraction of sp³-hybridized carbons (Fsp3) is 0.562. The minimum Gasteiger partial charge on any atom is -0.366 e. The van der Waals surface area contributed by atoms with Crippen LogP contribution in [0.3, 0.4) is 0 Å². The van der Waals surface area contributed by atoms with E-state index >= 15 is 0 Å². The summed E-state index contributed by atoms with van der Waals surface area (Å²) < 4.78 is 0. The number of nitrogens with zero attached hydrogens (tertiary/aromatic N) is 1. The van der Waals surface area contributed by atoms with Gasteiger partial charge in [-0.25, -0.2) is 0 Å². The van der Waals surface area contributed by atoms with Gasteiger partial charge in [0.2, 0.25) is 5.91 Å². The number of fused-ring (bicyclic) bond motifs is 3. The molecule has 3 nitrogen and oxygen atoms in total. The maximum absolute atomic E-state index is 11.7. The standard InChI is InChI=1S/C16H22N2O/c1-2-9-18-10-8-12-14(18)7-6-11-4-3-5-13(15(11)12)16(17)19/h3-5,12,14H,2,6-10H2,1H3,(H2,17,19)/t12-,14-/m1/s1/i16+2,17+0. The number of amides is 1. The summed E-state index contributed by atoms with van der Waals surface area (Å²) in [7, 11) is 0. The van der Waals surface area contributed by atoms with E-state index in [1.54, 1.807) is 0 Å². The van der Waals surface area contributed by atoms with Gasteiger partial charge >= 0.3 is 0 Å². The summed E-state index contributed by atoms with van der Waals surface area (Å²) >= 11 is 0. The van der Waals surface area contributed by atoms with E-state index < -0.39 is 0 Å². The molecule has 3 rings (SSSR count). The highest BCUT2D eigenvalue weighted by molar-refractivity contribution is 5.95. The van der Waals surface area contributed by atoms with Crippen LogP contribution in [-0.2, 0) is 6.42 Å². The molecule has 1 amide bonds. The lowest BCUT2D eigenvalue weighted by molar-refractivity contribution is 0.0998. The molecule has 2 N–H and O–H groups in total. The van der Waals surface area contributed by atoms with Gasteiger partial charge in [0, 0.05) is 17.5 Å². The van der Waals surface area contributed by atoms with Gasteiger partial charge in [-0.05, 0) is 56.0 Å². The summed E-state index contributed by atoms with van der Waals surface area (Å²) in [5, 5.41) is 0. The molecule has 1 saturated heterocycles. The Hall–Kier alpha value is -1.35. The van der Waals surface area contributed by atoms with E-state index in [-0.39, 0.29) is 5.91 Å². The van der Waals surface area contributed by atoms with Gasteiger partial charge in [0.05, 0.1) is 0 Å². The van der Waals surface area contributed by atoms with Gasteiger partial charge in [-0.1, -0.05) is 19.1 Å². The quantitative estimate of drug-likeness (QED) is 0.906. The number of aryl methyl sites for hydroxylation is 1. The van der Waals surface area contributed by atoms with E-state index in [2.05, 4.69) is 17.9 Å². The topological polar surface area (TPSA) is 46.3 Å². The molecule has 0 unspecified atom stereocenters. The number of hydrogen-bond acceptors (Lipinski definition) is 2. The van der Waals surface area contributed by atoms with Gasteiger partial charge in [-0.3, -0.25) is 9.69 Å². The highest BCUT2D eigenvalue weighted by Gasteiger charge is 2.39. The number of hydrogen-bond donors (Lipinski definition) is 1. The normalized spacial score (nSPS) is 25.9. The molecule has 0 radical (unpaired) electrons. The third-order valence-electron chi connectivity index (χ3n) is 4.71. The summed E-state index contributed by atoms with van der Waals surface area (Å²) in [5.74, 6) is 0.241. The summed E-state index contributed by atoms with van der Waals surface area (Å²) in [6.07, 6.45) is 4.67. The molecule has 19 heavy (non-hydrogen) atoms. The maximum atomic E-state index is 11.7. The van der Waals surface area contributed by atoms with Gasteiger partial charge in [0.1, 0.15) is 0 Å². The lowest BCUT2D eigenvalue weighted by Gasteiger charge is -2.34. The number of primary amides is 1. The first kappa shape index (κ1) is 12.7. The molecule has 1 heterocycles. The summed E-state index contributed by atoms with van der Waals surface area (Å²) in [5.41, 5.74) is 8.91. The van der Waals surface area contributed by atoms with Crippen LogP contribution in [0.1, 0.15) is 53.6 Å². The van der Waals surface area contributed by atoms with Crippen molar-refractivity contribution >= 4 is 5.91 Å². The van der Waals surface area contributed by atoms with E-state index in [9.17, 15) is 4.79 Å². The van der Waals surface area contributed by atoms with Gasteiger partial charge in [0.15, 0.2) is 0 Å². The molecule has 102 valence electrons. The van der Waals surface area contributed by atoms with E-state index in [4.69, 9.17) is 5.73 Å². The number of benzene rings is 1. The van der Waals surface area contributed by atoms with Crippen LogP contribution in [-0.4, -0.2) is 29.9 Å². The second kappa shape index (κ2) is 4.97. The third kappa shape index (κ3) is 2.06. The van der Waals surface area contributed by atoms with Crippen molar-refractivity contribution in [3.8, 4) is 0 Å². The molecule has 1 aliphatic heterocycles. The van der Waals surface area contributed by atoms with Crippen LogP contribution in [0, 0.1) is 0 Å². The number of likely N-dealkylation sites (tertiary alicyclic amines) is 1. The SMILES string of the molecule is CCCN1CC[C@H]2c3c(cccc3[14C]([14NH2])=O)CC[C@H]21. The average Bonchev–Trinajstić information content (AvgIpc) is 2.82. The van der Waals surface area contributed by atoms with Crippen molar-refractivity contribution in [3.63, 3.8) is 0 Å². The molecule has 1 fully saturated rings. The second-order valence-electron chi connectivity index (χ2n) is 5.78. The van der Waals surface area contributed by atoms with E-state index in [1.807, 2.05) is 12.1 Å². The van der Waals surface area contributed by atoms with Crippen LogP contribution in [0.2, 0.25) is 0 Å². The molecule has 1 aliphatic carbocycles. The molecule has 2 atom stereocenters. The zero-order chi connectivity index (χ0) is 13.4. The van der Waals surface area contributed by atoms with Gasteiger partial charge in [-0.2, -0.15) is 0 Å². The first-order chi connectivity index (χ1) is 9.22. The largest absolute Gasteiger partial charge is 0.366 e. The van der Waals surface area contributed by atoms with Crippen molar-refractivity contribution in [2.24, 2.45) is 5.73 Å². The van der Waals surface area contributed by atoms with Crippen LogP contribution in [0.4, 0.5) is 0 Å². The first-order valence-corrected chi connectivity index (χ1v) is 7.38. The molecule has 0 bridgehead atoms. The first-order valence-electron chi connectivity index (χ1n) is 7.38. The predicted octanol–water partition coefficient (Wildman–Crippen LogP) is 2.30. The maximum Gasteiger partial charge on any atom is 0.248 e. The lowest BCUT2D eigenvalue weighted by Crippen LogP contribution is -2.36. The number of nitrogens with two attached hydrogens (primary N) is 1. The van der Waals surface area contributed by atoms with Crippen molar-refractivity contribution in [3.05, 3.63) is 34.9 Å². The van der Waals surface area contributed by atoms with Crippen molar-refractivity contribution in [1.82, 2.24) is 4.90 Å². The Bertz CT molecular complexity index is 498. The average molecular weight is 260 g/mol. The summed E-state index contributed by atoms with van der Waals surface area (Å²) in [6.45, 7) is 4.57. The highest BCUT2D eigenvalue weighted by Crippen LogP contribution is 2.42. The van der Waals surface area contributed by atoms with E-state index in [0.29, 0.717) is 12.0 Å². The van der Waals surface area contributed by atoms with Crippen molar-refractivity contribution < 1.29 is 4.79 Å². The Morgan fingerprint density at radius 3 is 3.00 bits per heavy atom. The van der Waals surface area contributed by atoms with Crippen molar-refractivity contribution in [2.45, 2.75) is 44.6 Å². The summed E-state index contributed by atoms with van der Waals surface area (Å²) in [6, 6.07) is 6.65. The van der Waals surface area contributed by atoms with Gasteiger partial charge in [0.25, 0.3) is 0 Å².